The molecule has 1 amide bonds. The van der Waals surface area contributed by atoms with Crippen molar-refractivity contribution < 1.29 is 9.18 Å². The van der Waals surface area contributed by atoms with Crippen LogP contribution in [0, 0.1) is 5.82 Å². The number of carbonyl (C=O) groups is 1. The van der Waals surface area contributed by atoms with Crippen LogP contribution in [-0.4, -0.2) is 51.8 Å². The van der Waals surface area contributed by atoms with Crippen molar-refractivity contribution in [1.29, 1.82) is 0 Å². The number of hydrogen-bond donors (Lipinski definition) is 1. The monoisotopic (exact) mass is 443 g/mol. The van der Waals surface area contributed by atoms with Crippen molar-refractivity contribution in [3.8, 4) is 0 Å². The average Bonchev–Trinajstić information content (AvgIpc) is 2.67. The maximum atomic E-state index is 13.1. The molecule has 1 heterocycles. The van der Waals surface area contributed by atoms with Gasteiger partial charge in [0.1, 0.15) is 12.0 Å². The smallest absolute Gasteiger partial charge is 0.252 e. The van der Waals surface area contributed by atoms with E-state index in [1.165, 1.54) is 29.8 Å². The third kappa shape index (κ3) is 5.82. The van der Waals surface area contributed by atoms with Gasteiger partial charge in [-0.1, -0.05) is 65.1 Å². The Labute approximate surface area is 179 Å². The highest BCUT2D eigenvalue weighted by Gasteiger charge is 2.39. The van der Waals surface area contributed by atoms with Crippen LogP contribution in [0.4, 0.5) is 4.39 Å². The molecular formula is C20H21Cl3FN3O. The van der Waals surface area contributed by atoms with Gasteiger partial charge in [0, 0.05) is 38.3 Å². The maximum absolute atomic E-state index is 13.1. The zero-order chi connectivity index (χ0) is 20.1. The third-order valence-electron chi connectivity index (χ3n) is 4.71. The topological polar surface area (TPSA) is 35.6 Å². The molecule has 0 aromatic heterocycles. The van der Waals surface area contributed by atoms with E-state index in [9.17, 15) is 9.18 Å². The molecule has 0 unspecified atom stereocenters. The van der Waals surface area contributed by atoms with Crippen molar-refractivity contribution in [2.75, 3.05) is 26.2 Å². The Bertz CT molecular complexity index is 776. The van der Waals surface area contributed by atoms with Gasteiger partial charge in [-0.2, -0.15) is 0 Å². The molecule has 2 aromatic carbocycles. The van der Waals surface area contributed by atoms with Gasteiger partial charge >= 0.3 is 0 Å². The average molecular weight is 445 g/mol. The number of carbonyl (C=O) groups excluding carboxylic acids is 1. The SMILES string of the molecule is O=C(N[C@@H](N1CCN(Cc2ccccc2)CC1)C(Cl)(Cl)Cl)c1ccc(F)cc1. The van der Waals surface area contributed by atoms with Crippen LogP contribution in [0.25, 0.3) is 0 Å². The molecule has 0 bridgehead atoms. The maximum Gasteiger partial charge on any atom is 0.252 e. The van der Waals surface area contributed by atoms with E-state index in [-0.39, 0.29) is 0 Å². The molecule has 0 spiro atoms. The van der Waals surface area contributed by atoms with Gasteiger partial charge in [-0.25, -0.2) is 4.39 Å². The fourth-order valence-corrected chi connectivity index (χ4v) is 3.79. The molecule has 1 N–H and O–H groups in total. The molecule has 0 radical (unpaired) electrons. The van der Waals surface area contributed by atoms with Gasteiger partial charge in [0.2, 0.25) is 3.79 Å². The third-order valence-corrected chi connectivity index (χ3v) is 5.33. The van der Waals surface area contributed by atoms with Gasteiger partial charge in [-0.15, -0.1) is 0 Å². The number of hydrogen-bond acceptors (Lipinski definition) is 3. The van der Waals surface area contributed by atoms with Gasteiger partial charge < -0.3 is 5.32 Å². The summed E-state index contributed by atoms with van der Waals surface area (Å²) in [5, 5.41) is 2.78. The number of rotatable bonds is 5. The summed E-state index contributed by atoms with van der Waals surface area (Å²) in [6.07, 6.45) is -0.783. The van der Waals surface area contributed by atoms with Crippen molar-refractivity contribution in [3.63, 3.8) is 0 Å². The van der Waals surface area contributed by atoms with E-state index in [2.05, 4.69) is 22.3 Å². The highest BCUT2D eigenvalue weighted by atomic mass is 35.6. The van der Waals surface area contributed by atoms with Crippen LogP contribution < -0.4 is 5.32 Å². The van der Waals surface area contributed by atoms with Crippen molar-refractivity contribution in [2.45, 2.75) is 16.5 Å². The van der Waals surface area contributed by atoms with E-state index in [0.717, 1.165) is 19.6 Å². The summed E-state index contributed by atoms with van der Waals surface area (Å²) >= 11 is 18.5. The Balaban J connectivity index is 1.61. The molecule has 1 atom stereocenters. The van der Waals surface area contributed by atoms with Crippen molar-refractivity contribution in [1.82, 2.24) is 15.1 Å². The first-order valence-electron chi connectivity index (χ1n) is 8.96. The van der Waals surface area contributed by atoms with Gasteiger partial charge in [0.05, 0.1) is 0 Å². The molecule has 28 heavy (non-hydrogen) atoms. The second-order valence-electron chi connectivity index (χ2n) is 6.72. The van der Waals surface area contributed by atoms with Gasteiger partial charge in [-0.05, 0) is 29.8 Å². The van der Waals surface area contributed by atoms with Gasteiger partial charge in [-0.3, -0.25) is 14.6 Å². The largest absolute Gasteiger partial charge is 0.332 e. The van der Waals surface area contributed by atoms with E-state index in [1.807, 2.05) is 23.1 Å². The van der Waals surface area contributed by atoms with E-state index < -0.39 is 21.7 Å². The predicted molar refractivity (Wildman–Crippen MR) is 111 cm³/mol. The van der Waals surface area contributed by atoms with E-state index in [4.69, 9.17) is 34.8 Å². The Morgan fingerprint density at radius 1 is 1.00 bits per heavy atom. The zero-order valence-corrected chi connectivity index (χ0v) is 17.4. The highest BCUT2D eigenvalue weighted by Crippen LogP contribution is 2.33. The molecule has 1 aliphatic rings. The van der Waals surface area contributed by atoms with Crippen LogP contribution in [-0.2, 0) is 6.54 Å². The molecule has 8 heteroatoms. The number of amides is 1. The van der Waals surface area contributed by atoms with Crippen LogP contribution in [0.15, 0.2) is 54.6 Å². The summed E-state index contributed by atoms with van der Waals surface area (Å²) in [7, 11) is 0. The first-order chi connectivity index (χ1) is 13.3. The molecule has 150 valence electrons. The molecule has 1 fully saturated rings. The quantitative estimate of drug-likeness (QED) is 0.706. The van der Waals surface area contributed by atoms with Crippen molar-refractivity contribution in [3.05, 3.63) is 71.5 Å². The fraction of sp³-hybridized carbons (Fsp3) is 0.350. The minimum absolute atomic E-state index is 0.309. The second-order valence-corrected chi connectivity index (χ2v) is 9.09. The number of piperazine rings is 1. The Hall–Kier alpha value is -1.37. The summed E-state index contributed by atoms with van der Waals surface area (Å²) in [4.78, 5) is 16.8. The number of alkyl halides is 3. The van der Waals surface area contributed by atoms with Gasteiger partial charge in [0.25, 0.3) is 5.91 Å². The standard InChI is InChI=1S/C20H21Cl3FN3O/c21-20(22,23)19(25-18(28)16-6-8-17(24)9-7-16)27-12-10-26(11-13-27)14-15-4-2-1-3-5-15/h1-9,19H,10-14H2,(H,25,28)/t19-/m0/s1. The predicted octanol–water partition coefficient (Wildman–Crippen LogP) is 4.07. The molecule has 1 aliphatic heterocycles. The second kappa shape index (κ2) is 9.42. The number of benzene rings is 2. The molecule has 0 aliphatic carbocycles. The highest BCUT2D eigenvalue weighted by molar-refractivity contribution is 6.68. The Kier molecular flexibility index (Phi) is 7.18. The lowest BCUT2D eigenvalue weighted by Crippen LogP contribution is -2.60. The summed E-state index contributed by atoms with van der Waals surface area (Å²) in [6, 6.07) is 15.5. The molecular weight excluding hydrogens is 424 g/mol. The number of nitrogens with one attached hydrogen (secondary N) is 1. The molecule has 4 nitrogen and oxygen atoms in total. The number of halogens is 4. The zero-order valence-electron chi connectivity index (χ0n) is 15.1. The van der Waals surface area contributed by atoms with E-state index in [0.29, 0.717) is 18.7 Å². The summed E-state index contributed by atoms with van der Waals surface area (Å²) < 4.78 is 11.4. The molecule has 0 saturated carbocycles. The molecule has 1 saturated heterocycles. The first kappa shape index (κ1) is 21.3. The van der Waals surface area contributed by atoms with Crippen LogP contribution in [0.2, 0.25) is 0 Å². The summed E-state index contributed by atoms with van der Waals surface area (Å²) in [6.45, 7) is 3.73. The van der Waals surface area contributed by atoms with E-state index in [1.54, 1.807) is 0 Å². The Morgan fingerprint density at radius 2 is 1.61 bits per heavy atom. The van der Waals surface area contributed by atoms with E-state index >= 15 is 0 Å². The van der Waals surface area contributed by atoms with Crippen LogP contribution in [0.5, 0.6) is 0 Å². The van der Waals surface area contributed by atoms with Crippen LogP contribution in [0.3, 0.4) is 0 Å². The summed E-state index contributed by atoms with van der Waals surface area (Å²) in [5.74, 6) is -0.827. The lowest BCUT2D eigenvalue weighted by Gasteiger charge is -2.41. The molecule has 3 rings (SSSR count). The lowest BCUT2D eigenvalue weighted by molar-refractivity contribution is 0.0658. The van der Waals surface area contributed by atoms with Crippen LogP contribution in [0.1, 0.15) is 15.9 Å². The minimum atomic E-state index is -1.70. The van der Waals surface area contributed by atoms with Crippen molar-refractivity contribution in [2.24, 2.45) is 0 Å². The first-order valence-corrected chi connectivity index (χ1v) is 10.1. The molecule has 2 aromatic rings. The number of nitrogens with zero attached hydrogens (tertiary/aromatic N) is 2. The van der Waals surface area contributed by atoms with Crippen molar-refractivity contribution >= 4 is 40.7 Å². The Morgan fingerprint density at radius 3 is 2.18 bits per heavy atom. The van der Waals surface area contributed by atoms with Gasteiger partial charge in [0.15, 0.2) is 0 Å². The normalized spacial score (nSPS) is 17.3. The lowest BCUT2D eigenvalue weighted by atomic mass is 10.2. The minimum Gasteiger partial charge on any atom is -0.332 e. The fourth-order valence-electron chi connectivity index (χ4n) is 3.21. The summed E-state index contributed by atoms with van der Waals surface area (Å²) in [5.41, 5.74) is 1.56. The van der Waals surface area contributed by atoms with Crippen LogP contribution >= 0.6 is 34.8 Å².